The quantitative estimate of drug-likeness (QED) is 0.736. The Morgan fingerprint density at radius 3 is 1.31 bits per heavy atom. The van der Waals surface area contributed by atoms with Crippen LogP contribution in [0.15, 0.2) is 60.7 Å². The number of benzene rings is 2. The molecule has 82 valence electrons. The fourth-order valence-corrected chi connectivity index (χ4v) is 2.51. The molecule has 2 heteroatoms. The van der Waals surface area contributed by atoms with Crippen LogP contribution in [0.1, 0.15) is 0 Å². The Kier molecular flexibility index (Phi) is 6.93. The number of hydrogen-bond acceptors (Lipinski definition) is 0. The summed E-state index contributed by atoms with van der Waals surface area (Å²) in [6, 6.07) is 21.3. The van der Waals surface area contributed by atoms with Crippen LogP contribution in [-0.4, -0.2) is 25.0 Å². The maximum absolute atomic E-state index is 2.28. The van der Waals surface area contributed by atoms with Crippen LogP contribution in [0.2, 0.25) is 11.5 Å². The van der Waals surface area contributed by atoms with E-state index >= 15 is 0 Å². The molecule has 2 rings (SSSR count). The molecule has 16 heavy (non-hydrogen) atoms. The Balaban J connectivity index is 0.000000386. The topological polar surface area (TPSA) is 0 Å². The van der Waals surface area contributed by atoms with E-state index in [1.165, 1.54) is 10.4 Å². The van der Waals surface area contributed by atoms with Crippen molar-refractivity contribution in [1.29, 1.82) is 0 Å². The normalized spacial score (nSPS) is 9.12. The third-order valence-electron chi connectivity index (χ3n) is 1.93. The van der Waals surface area contributed by atoms with E-state index in [0.717, 1.165) is 0 Å². The first kappa shape index (κ1) is 13.3. The van der Waals surface area contributed by atoms with Gasteiger partial charge in [0.1, 0.15) is 9.52 Å². The Morgan fingerprint density at radius 2 is 1.00 bits per heavy atom. The number of hydrogen-bond donors (Lipinski definition) is 0. The minimum atomic E-state index is 0.271. The fourth-order valence-electron chi connectivity index (χ4n) is 1.29. The monoisotopic (exact) mass is 288 g/mol. The average molecular weight is 287 g/mol. The van der Waals surface area contributed by atoms with Crippen molar-refractivity contribution in [2.45, 2.75) is 11.5 Å². The molecule has 0 saturated carbocycles. The maximum Gasteiger partial charge on any atom is 0.103 e. The summed E-state index contributed by atoms with van der Waals surface area (Å²) in [5.74, 6) is 4.56. The minimum absolute atomic E-state index is 0.271. The molecule has 2 aromatic carbocycles. The van der Waals surface area contributed by atoms with Crippen molar-refractivity contribution >= 4 is 35.3 Å². The van der Waals surface area contributed by atoms with Crippen molar-refractivity contribution < 1.29 is 0 Å². The van der Waals surface area contributed by atoms with E-state index < -0.39 is 0 Å². The van der Waals surface area contributed by atoms with Crippen LogP contribution >= 0.6 is 0 Å². The van der Waals surface area contributed by atoms with E-state index in [4.69, 9.17) is 0 Å². The summed E-state index contributed by atoms with van der Waals surface area (Å²) in [5, 5.41) is 2.90. The van der Waals surface area contributed by atoms with Gasteiger partial charge in [0.2, 0.25) is 0 Å². The van der Waals surface area contributed by atoms with Crippen molar-refractivity contribution in [3.05, 3.63) is 60.7 Å². The summed E-state index contributed by atoms with van der Waals surface area (Å²) in [4.78, 5) is 0. The van der Waals surface area contributed by atoms with Gasteiger partial charge in [0.15, 0.2) is 0 Å². The smallest absolute Gasteiger partial charge is 0.0632 e. The molecule has 0 fully saturated rings. The summed E-state index contributed by atoms with van der Waals surface area (Å²) in [7, 11) is 0.271. The van der Waals surface area contributed by atoms with Gasteiger partial charge in [-0.2, -0.15) is 0 Å². The van der Waals surface area contributed by atoms with E-state index in [2.05, 4.69) is 72.2 Å². The van der Waals surface area contributed by atoms with E-state index in [1.54, 1.807) is 0 Å². The third-order valence-corrected chi connectivity index (χ3v) is 3.37. The van der Waals surface area contributed by atoms with E-state index in [1.807, 2.05) is 0 Å². The van der Waals surface area contributed by atoms with Crippen LogP contribution in [-0.2, 0) is 0 Å². The summed E-state index contributed by atoms with van der Waals surface area (Å²) in [6.07, 6.45) is 0. The zero-order chi connectivity index (χ0) is 11.6. The Hall–Kier alpha value is -0.800. The second-order valence-corrected chi connectivity index (χ2v) is 7.59. The second kappa shape index (κ2) is 8.36. The molecule has 0 spiro atoms. The first-order valence-corrected chi connectivity index (χ1v) is 11.6. The molecule has 0 N–H and O–H groups in total. The molecule has 0 amide bonds. The molecule has 0 aromatic heterocycles. The van der Waals surface area contributed by atoms with Crippen molar-refractivity contribution in [3.8, 4) is 0 Å². The van der Waals surface area contributed by atoms with Crippen LogP contribution < -0.4 is 10.4 Å². The fraction of sp³-hybridized carbons (Fsp3) is 0.143. The van der Waals surface area contributed by atoms with Gasteiger partial charge >= 0.3 is 26.9 Å². The third kappa shape index (κ3) is 5.33. The molecule has 0 unspecified atom stereocenters. The molecule has 0 heterocycles. The molecule has 0 bridgehead atoms. The van der Waals surface area contributed by atoms with Gasteiger partial charge in [0.05, 0.1) is 0 Å². The first-order valence-electron chi connectivity index (χ1n) is 5.55. The van der Waals surface area contributed by atoms with Gasteiger partial charge in [0.25, 0.3) is 0 Å². The van der Waals surface area contributed by atoms with Crippen molar-refractivity contribution in [2.24, 2.45) is 0 Å². The van der Waals surface area contributed by atoms with Gasteiger partial charge in [-0.25, -0.2) is 0 Å². The SMILES string of the molecule is [CH3][GeH][CH3].c1ccc([SiH]c2ccccc2)cc1. The Morgan fingerprint density at radius 1 is 0.688 bits per heavy atom. The van der Waals surface area contributed by atoms with E-state index in [9.17, 15) is 0 Å². The second-order valence-electron chi connectivity index (χ2n) is 3.54. The average Bonchev–Trinajstić information content (AvgIpc) is 2.33. The maximum atomic E-state index is 2.28. The largest absolute Gasteiger partial charge is 0.103 e. The van der Waals surface area contributed by atoms with Crippen LogP contribution in [0.5, 0.6) is 0 Å². The van der Waals surface area contributed by atoms with Gasteiger partial charge < -0.3 is 0 Å². The van der Waals surface area contributed by atoms with E-state index in [-0.39, 0.29) is 9.52 Å². The molecule has 0 atom stereocenters. The molecule has 0 aliphatic heterocycles. The summed E-state index contributed by atoms with van der Waals surface area (Å²) < 4.78 is 0. The summed E-state index contributed by atoms with van der Waals surface area (Å²) >= 11 is 0.312. The molecule has 0 aliphatic rings. The van der Waals surface area contributed by atoms with Crippen LogP contribution in [0.25, 0.3) is 0 Å². The van der Waals surface area contributed by atoms with Crippen molar-refractivity contribution in [3.63, 3.8) is 0 Å². The first-order chi connectivity index (χ1) is 7.86. The molecule has 0 saturated heterocycles. The van der Waals surface area contributed by atoms with Crippen LogP contribution in [0.3, 0.4) is 0 Å². The zero-order valence-electron chi connectivity index (χ0n) is 9.93. The zero-order valence-corrected chi connectivity index (χ0v) is 13.5. The van der Waals surface area contributed by atoms with Gasteiger partial charge in [0, 0.05) is 0 Å². The van der Waals surface area contributed by atoms with Gasteiger partial charge in [-0.3, -0.25) is 0 Å². The predicted octanol–water partition coefficient (Wildman–Crippen LogP) is 1.59. The van der Waals surface area contributed by atoms with Crippen molar-refractivity contribution in [2.75, 3.05) is 0 Å². The van der Waals surface area contributed by atoms with Crippen molar-refractivity contribution in [1.82, 2.24) is 0 Å². The van der Waals surface area contributed by atoms with Gasteiger partial charge in [-0.1, -0.05) is 71.0 Å². The molecular weight excluding hydrogens is 269 g/mol. The predicted molar refractivity (Wildman–Crippen MR) is 78.2 cm³/mol. The van der Waals surface area contributed by atoms with Crippen LogP contribution in [0.4, 0.5) is 0 Å². The Bertz CT molecular complexity index is 335. The molecule has 2 radical (unpaired) electrons. The molecule has 0 aliphatic carbocycles. The van der Waals surface area contributed by atoms with Gasteiger partial charge in [-0.15, -0.1) is 0 Å². The Labute approximate surface area is 107 Å². The van der Waals surface area contributed by atoms with E-state index in [0.29, 0.717) is 15.4 Å². The number of rotatable bonds is 2. The summed E-state index contributed by atoms with van der Waals surface area (Å²) in [5.41, 5.74) is 0. The molecule has 0 nitrogen and oxygen atoms in total. The minimum Gasteiger partial charge on any atom is -0.0632 e. The van der Waals surface area contributed by atoms with Gasteiger partial charge in [-0.05, 0) is 0 Å². The standard InChI is InChI=1S/C12H11Si.C2H7Ge/c1-3-7-11(8-4-1)13-12-9-5-2-6-10-12;1-3-2/h1-10,13H;3H,1-2H3. The summed E-state index contributed by atoms with van der Waals surface area (Å²) in [6.45, 7) is 0. The van der Waals surface area contributed by atoms with Crippen LogP contribution in [0, 0.1) is 0 Å². The molecule has 2 aromatic rings. The molecular formula is C14H18GeSi.